The lowest BCUT2D eigenvalue weighted by Gasteiger charge is -2.31. The molecule has 1 aliphatic rings. The molecule has 0 spiro atoms. The number of benzene rings is 1. The largest absolute Gasteiger partial charge is 0.477 e. The Hall–Kier alpha value is -3.11. The van der Waals surface area contributed by atoms with Crippen molar-refractivity contribution < 1.29 is 23.1 Å². The number of aromatic nitrogens is 2. The molecule has 2 N–H and O–H groups in total. The number of fused-ring (bicyclic) bond motifs is 1. The molecule has 0 unspecified atom stereocenters. The van der Waals surface area contributed by atoms with Gasteiger partial charge in [-0.25, -0.2) is 22.9 Å². The van der Waals surface area contributed by atoms with Crippen molar-refractivity contribution in [3.63, 3.8) is 0 Å². The van der Waals surface area contributed by atoms with Gasteiger partial charge in [0.15, 0.2) is 0 Å². The van der Waals surface area contributed by atoms with Gasteiger partial charge in [-0.2, -0.15) is 0 Å². The van der Waals surface area contributed by atoms with Gasteiger partial charge in [0, 0.05) is 32.4 Å². The number of nitrogens with one attached hydrogen (secondary N) is 1. The maximum Gasteiger partial charge on any atom is 0.341 e. The summed E-state index contributed by atoms with van der Waals surface area (Å²) < 4.78 is 42.5. The number of anilines is 1. The minimum atomic E-state index is -2.87. The lowest BCUT2D eigenvalue weighted by molar-refractivity contribution is 0.0695. The number of nitrogens with zero attached hydrogens (tertiary/aromatic N) is 3. The first kappa shape index (κ1) is 21.1. The van der Waals surface area contributed by atoms with Crippen LogP contribution in [0.15, 0.2) is 35.3 Å². The van der Waals surface area contributed by atoms with Crippen molar-refractivity contribution in [3.8, 4) is 5.82 Å². The van der Waals surface area contributed by atoms with Crippen LogP contribution in [0.2, 0.25) is 5.02 Å². The molecule has 7 nitrogen and oxygen atoms in total. The first-order valence-electron chi connectivity index (χ1n) is 9.31. The van der Waals surface area contributed by atoms with Gasteiger partial charge in [-0.3, -0.25) is 9.36 Å². The first-order valence-corrected chi connectivity index (χ1v) is 9.69. The lowest BCUT2D eigenvalue weighted by atomic mass is 10.1. The number of rotatable bonds is 4. The van der Waals surface area contributed by atoms with Crippen molar-refractivity contribution >= 4 is 34.2 Å². The quantitative estimate of drug-likeness (QED) is 0.632. The summed E-state index contributed by atoms with van der Waals surface area (Å²) >= 11 is 6.56. The molecule has 1 fully saturated rings. The molecule has 2 aromatic heterocycles. The molecular weight excluding hydrogens is 437 g/mol. The van der Waals surface area contributed by atoms with Gasteiger partial charge in [0.1, 0.15) is 22.9 Å². The van der Waals surface area contributed by atoms with Crippen molar-refractivity contribution in [3.05, 3.63) is 62.8 Å². The molecule has 0 bridgehead atoms. The van der Waals surface area contributed by atoms with Crippen molar-refractivity contribution in [1.82, 2.24) is 14.9 Å². The summed E-state index contributed by atoms with van der Waals surface area (Å²) in [7, 11) is 0. The molecule has 11 heteroatoms. The molecule has 1 saturated heterocycles. The lowest BCUT2D eigenvalue weighted by Crippen LogP contribution is -2.44. The second kappa shape index (κ2) is 8.20. The highest BCUT2D eigenvalue weighted by Gasteiger charge is 2.25. The summed E-state index contributed by atoms with van der Waals surface area (Å²) in [6, 6.07) is 4.74. The Morgan fingerprint density at radius 1 is 1.26 bits per heavy atom. The average Bonchev–Trinajstić information content (AvgIpc) is 2.75. The third-order valence-electron chi connectivity index (χ3n) is 5.05. The van der Waals surface area contributed by atoms with Gasteiger partial charge in [-0.05, 0) is 18.2 Å². The summed E-state index contributed by atoms with van der Waals surface area (Å²) in [6.45, 7) is 2.10. The number of carboxylic acid groups (broad SMARTS) is 1. The fourth-order valence-electron chi connectivity index (χ4n) is 3.61. The normalized spacial score (nSPS) is 14.4. The number of hydrogen-bond acceptors (Lipinski definition) is 5. The molecule has 4 rings (SSSR count). The van der Waals surface area contributed by atoms with E-state index in [-0.39, 0.29) is 27.4 Å². The molecule has 1 aliphatic heterocycles. The van der Waals surface area contributed by atoms with Crippen LogP contribution in [-0.2, 0) is 0 Å². The number of carbonyl (C=O) groups is 1. The van der Waals surface area contributed by atoms with Gasteiger partial charge in [0.05, 0.1) is 21.6 Å². The van der Waals surface area contributed by atoms with E-state index < -0.39 is 34.9 Å². The van der Waals surface area contributed by atoms with Crippen LogP contribution in [0.1, 0.15) is 22.5 Å². The molecule has 3 aromatic rings. The van der Waals surface area contributed by atoms with Crippen molar-refractivity contribution in [2.75, 3.05) is 31.1 Å². The number of piperazine rings is 1. The van der Waals surface area contributed by atoms with Crippen LogP contribution < -0.4 is 15.6 Å². The van der Waals surface area contributed by atoms with Gasteiger partial charge >= 0.3 is 5.97 Å². The van der Waals surface area contributed by atoms with Crippen LogP contribution in [0.25, 0.3) is 16.7 Å². The number of halogens is 4. The average molecular weight is 453 g/mol. The number of pyridine rings is 2. The smallest absolute Gasteiger partial charge is 0.341 e. The Morgan fingerprint density at radius 3 is 2.61 bits per heavy atom. The minimum Gasteiger partial charge on any atom is -0.477 e. The number of hydrogen-bond donors (Lipinski definition) is 2. The highest BCUT2D eigenvalue weighted by molar-refractivity contribution is 6.38. The van der Waals surface area contributed by atoms with Crippen LogP contribution in [0.4, 0.5) is 18.9 Å². The van der Waals surface area contributed by atoms with Crippen LogP contribution in [0.3, 0.4) is 0 Å². The second-order valence-corrected chi connectivity index (χ2v) is 7.30. The first-order chi connectivity index (χ1) is 14.8. The zero-order valence-electron chi connectivity index (χ0n) is 15.9. The maximum absolute atomic E-state index is 15.0. The second-order valence-electron chi connectivity index (χ2n) is 6.92. The van der Waals surface area contributed by atoms with Gasteiger partial charge < -0.3 is 15.3 Å². The van der Waals surface area contributed by atoms with Crippen molar-refractivity contribution in [2.24, 2.45) is 0 Å². The monoisotopic (exact) mass is 452 g/mol. The molecule has 0 aliphatic carbocycles. The molecule has 1 aromatic carbocycles. The van der Waals surface area contributed by atoms with Gasteiger partial charge in [-0.15, -0.1) is 0 Å². The number of carboxylic acids is 1. The molecule has 0 saturated carbocycles. The van der Waals surface area contributed by atoms with E-state index in [1.165, 1.54) is 12.1 Å². The highest BCUT2D eigenvalue weighted by atomic mass is 35.5. The van der Waals surface area contributed by atoms with E-state index in [1.54, 1.807) is 4.90 Å². The third kappa shape index (κ3) is 3.72. The molecule has 31 heavy (non-hydrogen) atoms. The predicted molar refractivity (Wildman–Crippen MR) is 109 cm³/mol. The molecular formula is C20H16ClF3N4O3. The fourth-order valence-corrected chi connectivity index (χ4v) is 4.01. The zero-order valence-corrected chi connectivity index (χ0v) is 16.7. The Balaban J connectivity index is 2.08. The van der Waals surface area contributed by atoms with Crippen molar-refractivity contribution in [1.29, 1.82) is 0 Å². The maximum atomic E-state index is 15.0. The fraction of sp³-hybridized carbons (Fsp3) is 0.250. The minimum absolute atomic E-state index is 0.00878. The summed E-state index contributed by atoms with van der Waals surface area (Å²) in [6.07, 6.45) is -1.90. The van der Waals surface area contributed by atoms with Gasteiger partial charge in [-0.1, -0.05) is 17.7 Å². The molecule has 3 heterocycles. The highest BCUT2D eigenvalue weighted by Crippen LogP contribution is 2.36. The van der Waals surface area contributed by atoms with E-state index >= 15 is 4.39 Å². The standard InChI is InChI=1S/C20H16ClF3N4O3/c21-15-16-10(8-12(22)17(15)27-6-4-25-5-7-27)18(29)11(20(30)31)9-28(16)14-3-1-2-13(26-14)19(23)24/h1-3,8-9,19,25H,4-7H2,(H,30,31). The number of alkyl halides is 2. The van der Waals surface area contributed by atoms with E-state index in [2.05, 4.69) is 10.3 Å². The van der Waals surface area contributed by atoms with E-state index in [9.17, 15) is 23.5 Å². The Bertz CT molecular complexity index is 1240. The SMILES string of the molecule is O=C(O)c1cn(-c2cccc(C(F)F)n2)c2c(Cl)c(N3CCNCC3)c(F)cc2c1=O. The summed E-state index contributed by atoms with van der Waals surface area (Å²) in [5.74, 6) is -2.40. The van der Waals surface area contributed by atoms with Gasteiger partial charge in [0.2, 0.25) is 5.43 Å². The molecule has 162 valence electrons. The molecule has 0 radical (unpaired) electrons. The zero-order chi connectivity index (χ0) is 22.3. The summed E-state index contributed by atoms with van der Waals surface area (Å²) in [5.41, 5.74) is -2.09. The summed E-state index contributed by atoms with van der Waals surface area (Å²) in [4.78, 5) is 29.9. The Morgan fingerprint density at radius 2 is 1.97 bits per heavy atom. The van der Waals surface area contributed by atoms with Crippen LogP contribution in [0.5, 0.6) is 0 Å². The third-order valence-corrected chi connectivity index (χ3v) is 5.40. The predicted octanol–water partition coefficient (Wildman–Crippen LogP) is 3.22. The summed E-state index contributed by atoms with van der Waals surface area (Å²) in [5, 5.41) is 12.2. The van der Waals surface area contributed by atoms with E-state index in [1.807, 2.05) is 0 Å². The molecule has 0 amide bonds. The van der Waals surface area contributed by atoms with Crippen LogP contribution >= 0.6 is 11.6 Å². The van der Waals surface area contributed by atoms with Crippen LogP contribution in [-0.4, -0.2) is 46.8 Å². The van der Waals surface area contributed by atoms with Crippen molar-refractivity contribution in [2.45, 2.75) is 6.43 Å². The topological polar surface area (TPSA) is 87.5 Å². The molecule has 0 atom stereocenters. The van der Waals surface area contributed by atoms with Gasteiger partial charge in [0.25, 0.3) is 6.43 Å². The van der Waals surface area contributed by atoms with E-state index in [4.69, 9.17) is 11.6 Å². The Kier molecular flexibility index (Phi) is 5.59. The number of aromatic carboxylic acids is 1. The van der Waals surface area contributed by atoms with Crippen LogP contribution in [0, 0.1) is 5.82 Å². The Labute approximate surface area is 178 Å². The van der Waals surface area contributed by atoms with E-state index in [0.717, 1.165) is 22.9 Å². The van der Waals surface area contributed by atoms with E-state index in [0.29, 0.717) is 26.2 Å².